The van der Waals surface area contributed by atoms with Crippen molar-refractivity contribution in [3.63, 3.8) is 0 Å². The van der Waals surface area contributed by atoms with Crippen LogP contribution in [0.25, 0.3) is 0 Å². The molecule has 21 heavy (non-hydrogen) atoms. The molecule has 1 aromatic carbocycles. The highest BCUT2D eigenvalue weighted by Crippen LogP contribution is 2.19. The minimum Gasteiger partial charge on any atom is -0.394 e. The maximum absolute atomic E-state index is 11.2. The Kier molecular flexibility index (Phi) is 6.63. The fourth-order valence-corrected chi connectivity index (χ4v) is 1.62. The molecule has 1 unspecified atom stereocenters. The summed E-state index contributed by atoms with van der Waals surface area (Å²) < 4.78 is 0. The van der Waals surface area contributed by atoms with Crippen molar-refractivity contribution in [2.24, 2.45) is 0 Å². The zero-order valence-electron chi connectivity index (χ0n) is 10.6. The molecule has 116 valence electrons. The number of rotatable bonds is 7. The number of halogens is 2. The van der Waals surface area contributed by atoms with Crippen LogP contribution in [-0.4, -0.2) is 45.2 Å². The van der Waals surface area contributed by atoms with Crippen molar-refractivity contribution in [1.82, 2.24) is 5.32 Å². The Hall–Kier alpha value is -1.61. The second kappa shape index (κ2) is 7.99. The third kappa shape index (κ3) is 5.01. The first-order chi connectivity index (χ1) is 9.86. The van der Waals surface area contributed by atoms with E-state index in [0.717, 1.165) is 0 Å². The molecule has 0 saturated heterocycles. The smallest absolute Gasteiger partial charge is 0.269 e. The molecule has 0 heterocycles. The van der Waals surface area contributed by atoms with Gasteiger partial charge in [-0.1, -0.05) is 23.2 Å². The van der Waals surface area contributed by atoms with Crippen LogP contribution in [0, 0.1) is 10.1 Å². The van der Waals surface area contributed by atoms with Gasteiger partial charge in [-0.25, -0.2) is 5.06 Å². The molecular weight excluding hydrogens is 325 g/mol. The standard InChI is InChI=1S/C11H13Cl2N3O5/c12-10(13)11(18)14-5-9(6-17)15(19)7-1-3-8(4-2-7)16(20)21/h1-4,9-10,17,19H,5-6H2,(H,14,18). The quantitative estimate of drug-likeness (QED) is 0.389. The number of non-ortho nitro benzene ring substituents is 1. The van der Waals surface area contributed by atoms with Crippen LogP contribution < -0.4 is 10.4 Å². The van der Waals surface area contributed by atoms with Crippen LogP contribution in [0.15, 0.2) is 24.3 Å². The van der Waals surface area contributed by atoms with Crippen LogP contribution in [0.3, 0.4) is 0 Å². The highest BCUT2D eigenvalue weighted by molar-refractivity contribution is 6.53. The third-order valence-electron chi connectivity index (χ3n) is 2.59. The first-order valence-corrected chi connectivity index (χ1v) is 6.63. The second-order valence-corrected chi connectivity index (χ2v) is 5.10. The van der Waals surface area contributed by atoms with Gasteiger partial charge in [-0.3, -0.25) is 20.1 Å². The lowest BCUT2D eigenvalue weighted by Crippen LogP contribution is -2.45. The SMILES string of the molecule is O=C(NCC(CO)N(O)c1ccc([N+](=O)[O-])cc1)C(Cl)Cl. The van der Waals surface area contributed by atoms with Crippen molar-refractivity contribution in [1.29, 1.82) is 0 Å². The molecule has 0 aliphatic rings. The Labute approximate surface area is 130 Å². The third-order valence-corrected chi connectivity index (χ3v) is 2.99. The van der Waals surface area contributed by atoms with Gasteiger partial charge in [0.25, 0.3) is 11.6 Å². The molecule has 10 heteroatoms. The molecule has 0 radical (unpaired) electrons. The van der Waals surface area contributed by atoms with E-state index >= 15 is 0 Å². The van der Waals surface area contributed by atoms with Crippen LogP contribution in [0.4, 0.5) is 11.4 Å². The summed E-state index contributed by atoms with van der Waals surface area (Å²) in [5.74, 6) is -0.658. The fourth-order valence-electron chi connectivity index (χ4n) is 1.46. The number of nitro benzene ring substituents is 1. The minimum absolute atomic E-state index is 0.112. The number of nitro groups is 1. The van der Waals surface area contributed by atoms with Crippen molar-refractivity contribution in [3.05, 3.63) is 34.4 Å². The van der Waals surface area contributed by atoms with Gasteiger partial charge in [0.15, 0.2) is 4.84 Å². The number of nitrogens with one attached hydrogen (secondary N) is 1. The predicted molar refractivity (Wildman–Crippen MR) is 76.7 cm³/mol. The first-order valence-electron chi connectivity index (χ1n) is 5.76. The maximum Gasteiger partial charge on any atom is 0.269 e. The molecule has 0 fully saturated rings. The Morgan fingerprint density at radius 1 is 1.38 bits per heavy atom. The average Bonchev–Trinajstić information content (AvgIpc) is 2.47. The number of aliphatic hydroxyl groups excluding tert-OH is 1. The number of nitrogens with zero attached hydrogens (tertiary/aromatic N) is 2. The Bertz CT molecular complexity index is 497. The number of hydroxylamine groups is 1. The topological polar surface area (TPSA) is 116 Å². The maximum atomic E-state index is 11.2. The van der Waals surface area contributed by atoms with Gasteiger partial charge in [-0.15, -0.1) is 0 Å². The van der Waals surface area contributed by atoms with E-state index in [1.54, 1.807) is 0 Å². The normalized spacial score (nSPS) is 12.0. The molecule has 1 aromatic rings. The van der Waals surface area contributed by atoms with Crippen molar-refractivity contribution in [2.45, 2.75) is 10.9 Å². The van der Waals surface area contributed by atoms with Crippen molar-refractivity contribution in [2.75, 3.05) is 18.2 Å². The average molecular weight is 338 g/mol. The lowest BCUT2D eigenvalue weighted by atomic mass is 10.2. The number of carbonyl (C=O) groups excluding carboxylic acids is 1. The van der Waals surface area contributed by atoms with Gasteiger partial charge in [0.1, 0.15) is 0 Å². The van der Waals surface area contributed by atoms with Crippen molar-refractivity contribution in [3.8, 4) is 0 Å². The molecule has 8 nitrogen and oxygen atoms in total. The van der Waals surface area contributed by atoms with Gasteiger partial charge in [-0.05, 0) is 12.1 Å². The van der Waals surface area contributed by atoms with E-state index in [9.17, 15) is 25.2 Å². The molecule has 3 N–H and O–H groups in total. The number of hydrogen-bond acceptors (Lipinski definition) is 6. The molecule has 0 spiro atoms. The number of anilines is 1. The summed E-state index contributed by atoms with van der Waals surface area (Å²) in [6, 6.07) is 4.18. The monoisotopic (exact) mass is 337 g/mol. The van der Waals surface area contributed by atoms with E-state index in [-0.39, 0.29) is 17.9 Å². The zero-order chi connectivity index (χ0) is 16.0. The molecule has 1 rings (SSSR count). The molecule has 0 saturated carbocycles. The van der Waals surface area contributed by atoms with E-state index < -0.39 is 28.3 Å². The molecule has 0 bridgehead atoms. The summed E-state index contributed by atoms with van der Waals surface area (Å²) in [4.78, 5) is 19.9. The van der Waals surface area contributed by atoms with E-state index in [0.29, 0.717) is 5.06 Å². The Morgan fingerprint density at radius 3 is 2.38 bits per heavy atom. The first kappa shape index (κ1) is 17.4. The number of benzene rings is 1. The van der Waals surface area contributed by atoms with Gasteiger partial charge >= 0.3 is 0 Å². The summed E-state index contributed by atoms with van der Waals surface area (Å²) >= 11 is 10.7. The summed E-state index contributed by atoms with van der Waals surface area (Å²) in [6.45, 7) is -0.582. The molecule has 1 amide bonds. The van der Waals surface area contributed by atoms with Gasteiger partial charge in [0.2, 0.25) is 0 Å². The lowest BCUT2D eigenvalue weighted by Gasteiger charge is -2.26. The molecule has 0 aliphatic heterocycles. The minimum atomic E-state index is -1.25. The molecule has 0 aliphatic carbocycles. The highest BCUT2D eigenvalue weighted by atomic mass is 35.5. The predicted octanol–water partition coefficient (Wildman–Crippen LogP) is 1.07. The number of aliphatic hydroxyl groups is 1. The number of amides is 1. The van der Waals surface area contributed by atoms with Crippen molar-refractivity contribution < 1.29 is 20.0 Å². The zero-order valence-corrected chi connectivity index (χ0v) is 12.2. The van der Waals surface area contributed by atoms with Crippen LogP contribution in [0.1, 0.15) is 0 Å². The molecular formula is C11H13Cl2N3O5. The van der Waals surface area contributed by atoms with Gasteiger partial charge in [-0.2, -0.15) is 0 Å². The van der Waals surface area contributed by atoms with Gasteiger partial charge in [0.05, 0.1) is 23.3 Å². The Balaban J connectivity index is 2.71. The Morgan fingerprint density at radius 2 is 1.95 bits per heavy atom. The van der Waals surface area contributed by atoms with E-state index in [1.807, 2.05) is 0 Å². The summed E-state index contributed by atoms with van der Waals surface area (Å²) in [6.07, 6.45) is 0. The molecule has 0 aromatic heterocycles. The summed E-state index contributed by atoms with van der Waals surface area (Å²) in [7, 11) is 0. The van der Waals surface area contributed by atoms with Crippen LogP contribution >= 0.6 is 23.2 Å². The number of alkyl halides is 2. The van der Waals surface area contributed by atoms with Crippen LogP contribution in [0.2, 0.25) is 0 Å². The summed E-state index contributed by atoms with van der Waals surface area (Å²) in [5, 5.41) is 32.7. The largest absolute Gasteiger partial charge is 0.394 e. The van der Waals surface area contributed by atoms with E-state index in [2.05, 4.69) is 5.32 Å². The van der Waals surface area contributed by atoms with Crippen molar-refractivity contribution >= 4 is 40.5 Å². The van der Waals surface area contributed by atoms with Crippen LogP contribution in [0.5, 0.6) is 0 Å². The fraction of sp³-hybridized carbons (Fsp3) is 0.364. The van der Waals surface area contributed by atoms with Gasteiger partial charge in [0, 0.05) is 18.7 Å². The second-order valence-electron chi connectivity index (χ2n) is 4.00. The number of carbonyl (C=O) groups is 1. The van der Waals surface area contributed by atoms with Gasteiger partial charge < -0.3 is 10.4 Å². The van der Waals surface area contributed by atoms with E-state index in [1.165, 1.54) is 24.3 Å². The molecule has 1 atom stereocenters. The van der Waals surface area contributed by atoms with Crippen LogP contribution in [-0.2, 0) is 4.79 Å². The lowest BCUT2D eigenvalue weighted by molar-refractivity contribution is -0.384. The van der Waals surface area contributed by atoms with E-state index in [4.69, 9.17) is 23.2 Å². The highest BCUT2D eigenvalue weighted by Gasteiger charge is 2.20. The number of hydrogen-bond donors (Lipinski definition) is 3. The summed E-state index contributed by atoms with van der Waals surface area (Å²) in [5.41, 5.74) is 0.0929.